The van der Waals surface area contributed by atoms with Crippen LogP contribution in [0.15, 0.2) is 24.8 Å². The molecule has 0 aromatic heterocycles. The van der Waals surface area contributed by atoms with Crippen LogP contribution in [0.1, 0.15) is 39.5 Å². The summed E-state index contributed by atoms with van der Waals surface area (Å²) in [6.45, 7) is 19.9. The zero-order valence-corrected chi connectivity index (χ0v) is 13.4. The molecule has 0 radical (unpaired) electrons. The molecule has 17 heavy (non-hydrogen) atoms. The average molecular weight is 254 g/mol. The van der Waals surface area contributed by atoms with Crippen LogP contribution in [-0.2, 0) is 0 Å². The van der Waals surface area contributed by atoms with Crippen molar-refractivity contribution in [3.63, 3.8) is 0 Å². The van der Waals surface area contributed by atoms with Gasteiger partial charge in [-0.25, -0.2) is 0 Å². The summed E-state index contributed by atoms with van der Waals surface area (Å²) in [6.07, 6.45) is 7.14. The fourth-order valence-corrected chi connectivity index (χ4v) is 5.16. The summed E-state index contributed by atoms with van der Waals surface area (Å²) in [7, 11) is -1.33. The van der Waals surface area contributed by atoms with Crippen LogP contribution >= 0.6 is 0 Å². The first-order valence-electron chi connectivity index (χ1n) is 7.03. The van der Waals surface area contributed by atoms with E-state index in [2.05, 4.69) is 44.7 Å². The van der Waals surface area contributed by atoms with E-state index in [1.54, 1.807) is 0 Å². The molecule has 0 bridgehead atoms. The topological polar surface area (TPSA) is 3.24 Å². The second-order valence-corrected chi connectivity index (χ2v) is 10.2. The lowest BCUT2D eigenvalue weighted by atomic mass is 10.3. The van der Waals surface area contributed by atoms with Gasteiger partial charge in [-0.1, -0.05) is 64.6 Å². The first-order valence-corrected chi connectivity index (χ1v) is 10.2. The van der Waals surface area contributed by atoms with Crippen molar-refractivity contribution < 1.29 is 0 Å². The van der Waals surface area contributed by atoms with E-state index in [0.717, 1.165) is 6.04 Å². The third-order valence-corrected chi connectivity index (χ3v) is 6.85. The maximum Gasteiger partial charge on any atom is 0.126 e. The van der Waals surface area contributed by atoms with Crippen LogP contribution in [0.25, 0.3) is 0 Å². The maximum atomic E-state index is 4.09. The van der Waals surface area contributed by atoms with E-state index in [-0.39, 0.29) is 0 Å². The Morgan fingerprint density at radius 1 is 1.12 bits per heavy atom. The van der Waals surface area contributed by atoms with Crippen LogP contribution in [-0.4, -0.2) is 25.9 Å². The minimum atomic E-state index is -1.33. The van der Waals surface area contributed by atoms with Gasteiger partial charge < -0.3 is 4.57 Å². The SMILES string of the molecule is C=CC(=C)C[Si](C)(C)N(CCCC)CCCC. The standard InChI is InChI=1S/C15H31NSi/c1-7-10-12-16(13-11-8-2)17(5,6)14-15(4)9-3/h9H,3-4,7-8,10-14H2,1-2,5-6H3. The van der Waals surface area contributed by atoms with Gasteiger partial charge in [0.1, 0.15) is 8.24 Å². The van der Waals surface area contributed by atoms with Crippen LogP contribution in [0.5, 0.6) is 0 Å². The fourth-order valence-electron chi connectivity index (χ4n) is 2.15. The summed E-state index contributed by atoms with van der Waals surface area (Å²) in [4.78, 5) is 0. The van der Waals surface area contributed by atoms with E-state index in [0.29, 0.717) is 0 Å². The minimum absolute atomic E-state index is 1.16. The van der Waals surface area contributed by atoms with E-state index in [9.17, 15) is 0 Å². The molecule has 100 valence electrons. The molecule has 0 heterocycles. The Kier molecular flexibility index (Phi) is 8.53. The van der Waals surface area contributed by atoms with Gasteiger partial charge in [0.2, 0.25) is 0 Å². The molecule has 0 aromatic rings. The molecular formula is C15H31NSi. The molecule has 1 nitrogen and oxygen atoms in total. The largest absolute Gasteiger partial charge is 0.323 e. The molecule has 0 saturated heterocycles. The van der Waals surface area contributed by atoms with Crippen LogP contribution in [0.4, 0.5) is 0 Å². The van der Waals surface area contributed by atoms with Gasteiger partial charge in [0.15, 0.2) is 0 Å². The predicted molar refractivity (Wildman–Crippen MR) is 83.0 cm³/mol. The number of allylic oxidation sites excluding steroid dienone is 2. The fraction of sp³-hybridized carbons (Fsp3) is 0.733. The molecule has 0 aliphatic heterocycles. The summed E-state index contributed by atoms with van der Waals surface area (Å²) in [5.74, 6) is 0. The van der Waals surface area contributed by atoms with Crippen molar-refractivity contribution in [2.45, 2.75) is 58.7 Å². The molecule has 0 fully saturated rings. The van der Waals surface area contributed by atoms with Gasteiger partial charge in [0.25, 0.3) is 0 Å². The van der Waals surface area contributed by atoms with Gasteiger partial charge >= 0.3 is 0 Å². The van der Waals surface area contributed by atoms with Crippen molar-refractivity contribution in [2.24, 2.45) is 0 Å². The average Bonchev–Trinajstić information content (AvgIpc) is 2.28. The first kappa shape index (κ1) is 16.7. The third kappa shape index (κ3) is 6.84. The molecular weight excluding hydrogens is 222 g/mol. The Hall–Kier alpha value is -0.343. The lowest BCUT2D eigenvalue weighted by Gasteiger charge is -2.37. The van der Waals surface area contributed by atoms with Crippen molar-refractivity contribution in [1.82, 2.24) is 4.57 Å². The monoisotopic (exact) mass is 253 g/mol. The van der Waals surface area contributed by atoms with Gasteiger partial charge in [-0.2, -0.15) is 0 Å². The van der Waals surface area contributed by atoms with E-state index in [4.69, 9.17) is 0 Å². The molecule has 0 spiro atoms. The second-order valence-electron chi connectivity index (χ2n) is 5.55. The van der Waals surface area contributed by atoms with Gasteiger partial charge in [0.05, 0.1) is 0 Å². The van der Waals surface area contributed by atoms with E-state index in [1.165, 1.54) is 44.3 Å². The van der Waals surface area contributed by atoms with Crippen molar-refractivity contribution in [3.05, 3.63) is 24.8 Å². The van der Waals surface area contributed by atoms with Crippen molar-refractivity contribution in [1.29, 1.82) is 0 Å². The van der Waals surface area contributed by atoms with Crippen molar-refractivity contribution >= 4 is 8.24 Å². The van der Waals surface area contributed by atoms with E-state index in [1.807, 2.05) is 6.08 Å². The summed E-state index contributed by atoms with van der Waals surface area (Å²) in [6, 6.07) is 1.16. The zero-order chi connectivity index (χ0) is 13.3. The Labute approximate surface area is 110 Å². The first-order chi connectivity index (χ1) is 7.97. The molecule has 0 atom stereocenters. The maximum absolute atomic E-state index is 4.09. The minimum Gasteiger partial charge on any atom is -0.323 e. The number of nitrogens with zero attached hydrogens (tertiary/aromatic N) is 1. The van der Waals surface area contributed by atoms with E-state index >= 15 is 0 Å². The molecule has 2 heteroatoms. The van der Waals surface area contributed by atoms with Crippen LogP contribution in [0.3, 0.4) is 0 Å². The summed E-state index contributed by atoms with van der Waals surface area (Å²) in [5, 5.41) is 0. The number of rotatable bonds is 10. The predicted octanol–water partition coefficient (Wildman–Crippen LogP) is 4.84. The molecule has 0 amide bonds. The highest BCUT2D eigenvalue weighted by Gasteiger charge is 2.28. The highest BCUT2D eigenvalue weighted by Crippen LogP contribution is 2.21. The Bertz CT molecular complexity index is 225. The van der Waals surface area contributed by atoms with Crippen LogP contribution < -0.4 is 0 Å². The van der Waals surface area contributed by atoms with Crippen LogP contribution in [0, 0.1) is 0 Å². The summed E-state index contributed by atoms with van der Waals surface area (Å²) < 4.78 is 2.76. The lowest BCUT2D eigenvalue weighted by molar-refractivity contribution is 0.400. The van der Waals surface area contributed by atoms with Gasteiger partial charge in [-0.05, 0) is 32.0 Å². The lowest BCUT2D eigenvalue weighted by Crippen LogP contribution is -2.49. The Morgan fingerprint density at radius 3 is 1.94 bits per heavy atom. The molecule has 0 aliphatic rings. The Morgan fingerprint density at radius 2 is 1.59 bits per heavy atom. The van der Waals surface area contributed by atoms with Crippen molar-refractivity contribution in [3.8, 4) is 0 Å². The Balaban J connectivity index is 4.49. The number of unbranched alkanes of at least 4 members (excludes halogenated alkanes) is 2. The normalized spacial score (nSPS) is 11.8. The molecule has 0 aliphatic carbocycles. The highest BCUT2D eigenvalue weighted by atomic mass is 28.3. The quantitative estimate of drug-likeness (QED) is 0.398. The number of hydrogen-bond donors (Lipinski definition) is 0. The summed E-state index contributed by atoms with van der Waals surface area (Å²) in [5.41, 5.74) is 1.21. The molecule has 0 saturated carbocycles. The molecule has 0 N–H and O–H groups in total. The van der Waals surface area contributed by atoms with Gasteiger partial charge in [-0.3, -0.25) is 0 Å². The molecule has 0 unspecified atom stereocenters. The van der Waals surface area contributed by atoms with Crippen LogP contribution in [0.2, 0.25) is 19.1 Å². The van der Waals surface area contributed by atoms with Gasteiger partial charge in [0, 0.05) is 0 Å². The molecule has 0 rings (SSSR count). The second kappa shape index (κ2) is 8.70. The van der Waals surface area contributed by atoms with Gasteiger partial charge in [-0.15, -0.1) is 0 Å². The highest BCUT2D eigenvalue weighted by molar-refractivity contribution is 6.75. The summed E-state index contributed by atoms with van der Waals surface area (Å²) >= 11 is 0. The smallest absolute Gasteiger partial charge is 0.126 e. The van der Waals surface area contributed by atoms with Crippen molar-refractivity contribution in [2.75, 3.05) is 13.1 Å². The van der Waals surface area contributed by atoms with E-state index < -0.39 is 8.24 Å². The zero-order valence-electron chi connectivity index (χ0n) is 12.4. The molecule has 0 aromatic carbocycles. The number of hydrogen-bond acceptors (Lipinski definition) is 1. The third-order valence-electron chi connectivity index (χ3n) is 3.37.